The topological polar surface area (TPSA) is 81.7 Å². The Morgan fingerprint density at radius 2 is 1.03 bits per heavy atom. The molecule has 0 bridgehead atoms. The normalized spacial score (nSPS) is 10.8. The van der Waals surface area contributed by atoms with Crippen molar-refractivity contribution >= 4 is 5.97 Å². The third-order valence-corrected chi connectivity index (χ3v) is 3.61. The summed E-state index contributed by atoms with van der Waals surface area (Å²) in [5.74, 6) is -0.451. The average Bonchev–Trinajstić information content (AvgIpc) is 2.78. The Kier molecular flexibility index (Phi) is 17.9. The molecule has 0 N–H and O–H groups in total. The summed E-state index contributed by atoms with van der Waals surface area (Å²) in [6.45, 7) is 9.52. The van der Waals surface area contributed by atoms with Gasteiger partial charge < -0.3 is 33.2 Å². The van der Waals surface area contributed by atoms with Crippen LogP contribution in [-0.4, -0.2) is 85.3 Å². The van der Waals surface area contributed by atoms with Crippen molar-refractivity contribution in [3.63, 3.8) is 0 Å². The van der Waals surface area contributed by atoms with Crippen molar-refractivity contribution in [3.8, 4) is 0 Å². The standard InChI is InChI=1S/C22H34O8/c1-2-22(23)30-19-18-28-15-14-26-11-10-24-8-9-25-12-13-27-16-17-29-20-21-6-4-3-5-7-21/h2-7H,1,8-20H2. The van der Waals surface area contributed by atoms with E-state index >= 15 is 0 Å². The highest BCUT2D eigenvalue weighted by atomic mass is 16.6. The quantitative estimate of drug-likeness (QED) is 0.168. The molecule has 0 atom stereocenters. The third-order valence-electron chi connectivity index (χ3n) is 3.61. The highest BCUT2D eigenvalue weighted by molar-refractivity contribution is 5.81. The van der Waals surface area contributed by atoms with Crippen LogP contribution in [0.25, 0.3) is 0 Å². The Hall–Kier alpha value is -1.81. The zero-order valence-electron chi connectivity index (χ0n) is 17.6. The summed E-state index contributed by atoms with van der Waals surface area (Å²) in [6.07, 6.45) is 1.12. The minimum Gasteiger partial charge on any atom is -0.460 e. The lowest BCUT2D eigenvalue weighted by Gasteiger charge is -2.08. The van der Waals surface area contributed by atoms with E-state index < -0.39 is 5.97 Å². The van der Waals surface area contributed by atoms with Gasteiger partial charge in [-0.05, 0) is 5.56 Å². The van der Waals surface area contributed by atoms with Crippen LogP contribution in [0.15, 0.2) is 43.0 Å². The predicted octanol–water partition coefficient (Wildman–Crippen LogP) is 2.02. The lowest BCUT2D eigenvalue weighted by molar-refractivity contribution is -0.139. The molecule has 8 nitrogen and oxygen atoms in total. The first-order valence-corrected chi connectivity index (χ1v) is 10.1. The maximum atomic E-state index is 10.8. The number of rotatable bonds is 21. The summed E-state index contributed by atoms with van der Waals surface area (Å²) in [4.78, 5) is 10.8. The van der Waals surface area contributed by atoms with E-state index in [1.807, 2.05) is 30.3 Å². The molecule has 0 amide bonds. The van der Waals surface area contributed by atoms with Gasteiger partial charge in [0, 0.05) is 6.08 Å². The van der Waals surface area contributed by atoms with Crippen molar-refractivity contribution in [2.75, 3.05) is 79.3 Å². The lowest BCUT2D eigenvalue weighted by Crippen LogP contribution is -2.14. The molecule has 0 spiro atoms. The molecule has 1 aromatic carbocycles. The largest absolute Gasteiger partial charge is 0.460 e. The highest BCUT2D eigenvalue weighted by Crippen LogP contribution is 1.99. The maximum absolute atomic E-state index is 10.8. The van der Waals surface area contributed by atoms with Crippen LogP contribution in [0.4, 0.5) is 0 Å². The van der Waals surface area contributed by atoms with E-state index in [2.05, 4.69) is 6.58 Å². The molecular formula is C22H34O8. The SMILES string of the molecule is C=CC(=O)OCCOCCOCCOCCOCCOCCOCc1ccccc1. The molecule has 0 aliphatic heterocycles. The number of carbonyl (C=O) groups is 1. The second kappa shape index (κ2) is 20.5. The first-order valence-electron chi connectivity index (χ1n) is 10.1. The zero-order valence-corrected chi connectivity index (χ0v) is 17.6. The van der Waals surface area contributed by atoms with Crippen LogP contribution in [0, 0.1) is 0 Å². The third kappa shape index (κ3) is 17.1. The summed E-state index contributed by atoms with van der Waals surface area (Å²) in [5, 5.41) is 0. The Labute approximate surface area is 179 Å². The van der Waals surface area contributed by atoms with Crippen molar-refractivity contribution in [1.82, 2.24) is 0 Å². The number of benzene rings is 1. The second-order valence-electron chi connectivity index (χ2n) is 5.97. The maximum Gasteiger partial charge on any atom is 0.330 e. The summed E-state index contributed by atoms with van der Waals surface area (Å²) < 4.78 is 37.2. The molecule has 0 unspecified atom stereocenters. The molecule has 8 heteroatoms. The van der Waals surface area contributed by atoms with Crippen molar-refractivity contribution in [2.45, 2.75) is 6.61 Å². The van der Waals surface area contributed by atoms with E-state index in [0.29, 0.717) is 79.3 Å². The van der Waals surface area contributed by atoms with Crippen LogP contribution in [0.1, 0.15) is 5.56 Å². The first kappa shape index (κ1) is 26.2. The van der Waals surface area contributed by atoms with Crippen molar-refractivity contribution < 1.29 is 38.0 Å². The smallest absolute Gasteiger partial charge is 0.330 e. The van der Waals surface area contributed by atoms with Gasteiger partial charge in [0.1, 0.15) is 6.61 Å². The summed E-state index contributed by atoms with van der Waals surface area (Å²) in [6, 6.07) is 10.0. The fourth-order valence-corrected chi connectivity index (χ4v) is 2.12. The van der Waals surface area contributed by atoms with Crippen LogP contribution in [0.3, 0.4) is 0 Å². The number of ether oxygens (including phenoxy) is 7. The molecule has 0 aliphatic carbocycles. The fraction of sp³-hybridized carbons (Fsp3) is 0.591. The summed E-state index contributed by atoms with van der Waals surface area (Å²) in [5.41, 5.74) is 1.16. The van der Waals surface area contributed by atoms with E-state index in [-0.39, 0.29) is 6.61 Å². The van der Waals surface area contributed by atoms with E-state index in [1.165, 1.54) is 0 Å². The van der Waals surface area contributed by atoms with Crippen LogP contribution < -0.4 is 0 Å². The molecule has 0 saturated heterocycles. The van der Waals surface area contributed by atoms with Gasteiger partial charge in [0.05, 0.1) is 79.3 Å². The Morgan fingerprint density at radius 1 is 0.633 bits per heavy atom. The molecule has 0 fully saturated rings. The number of esters is 1. The van der Waals surface area contributed by atoms with Gasteiger partial charge in [0.25, 0.3) is 0 Å². The van der Waals surface area contributed by atoms with E-state index in [0.717, 1.165) is 11.6 Å². The molecule has 0 aliphatic rings. The number of carbonyl (C=O) groups excluding carboxylic acids is 1. The van der Waals surface area contributed by atoms with Crippen LogP contribution in [0.5, 0.6) is 0 Å². The fourth-order valence-electron chi connectivity index (χ4n) is 2.12. The molecule has 170 valence electrons. The second-order valence-corrected chi connectivity index (χ2v) is 5.97. The molecule has 0 aromatic heterocycles. The van der Waals surface area contributed by atoms with Crippen LogP contribution >= 0.6 is 0 Å². The average molecular weight is 427 g/mol. The van der Waals surface area contributed by atoms with E-state index in [1.54, 1.807) is 0 Å². The van der Waals surface area contributed by atoms with Gasteiger partial charge in [-0.2, -0.15) is 0 Å². The van der Waals surface area contributed by atoms with E-state index in [9.17, 15) is 4.79 Å². The summed E-state index contributed by atoms with van der Waals surface area (Å²) >= 11 is 0. The Morgan fingerprint density at radius 3 is 1.47 bits per heavy atom. The van der Waals surface area contributed by atoms with Crippen molar-refractivity contribution in [3.05, 3.63) is 48.6 Å². The minimum atomic E-state index is -0.451. The zero-order chi connectivity index (χ0) is 21.5. The van der Waals surface area contributed by atoms with Crippen molar-refractivity contribution in [1.29, 1.82) is 0 Å². The molecule has 0 saturated carbocycles. The monoisotopic (exact) mass is 426 g/mol. The van der Waals surface area contributed by atoms with Gasteiger partial charge >= 0.3 is 5.97 Å². The summed E-state index contributed by atoms with van der Waals surface area (Å²) in [7, 11) is 0. The lowest BCUT2D eigenvalue weighted by atomic mass is 10.2. The number of hydrogen-bond donors (Lipinski definition) is 0. The Balaban J connectivity index is 1.68. The van der Waals surface area contributed by atoms with Crippen LogP contribution in [-0.2, 0) is 44.6 Å². The highest BCUT2D eigenvalue weighted by Gasteiger charge is 1.96. The van der Waals surface area contributed by atoms with Gasteiger partial charge in [0.2, 0.25) is 0 Å². The predicted molar refractivity (Wildman–Crippen MR) is 111 cm³/mol. The van der Waals surface area contributed by atoms with Gasteiger partial charge in [0.15, 0.2) is 0 Å². The molecule has 30 heavy (non-hydrogen) atoms. The molecular weight excluding hydrogens is 392 g/mol. The van der Waals surface area contributed by atoms with Gasteiger partial charge in [-0.1, -0.05) is 36.9 Å². The van der Waals surface area contributed by atoms with Crippen molar-refractivity contribution in [2.24, 2.45) is 0 Å². The molecule has 1 rings (SSSR count). The van der Waals surface area contributed by atoms with E-state index in [4.69, 9.17) is 33.2 Å². The molecule has 0 radical (unpaired) electrons. The first-order chi connectivity index (χ1) is 14.8. The minimum absolute atomic E-state index is 0.209. The number of hydrogen-bond acceptors (Lipinski definition) is 8. The molecule has 1 aromatic rings. The van der Waals surface area contributed by atoms with Crippen LogP contribution in [0.2, 0.25) is 0 Å². The van der Waals surface area contributed by atoms with Gasteiger partial charge in [-0.25, -0.2) is 4.79 Å². The Bertz CT molecular complexity index is 523. The van der Waals surface area contributed by atoms with Gasteiger partial charge in [-0.3, -0.25) is 0 Å². The molecule has 0 heterocycles. The van der Waals surface area contributed by atoms with Gasteiger partial charge in [-0.15, -0.1) is 0 Å².